The maximum Gasteiger partial charge on any atom is 0.227 e. The Balaban J connectivity index is 1.44. The maximum atomic E-state index is 13.0. The summed E-state index contributed by atoms with van der Waals surface area (Å²) in [5, 5.41) is 0.363. The lowest BCUT2D eigenvalue weighted by molar-refractivity contribution is -0.145. The third kappa shape index (κ3) is 4.13. The Morgan fingerprint density at radius 2 is 2.08 bits per heavy atom. The molecule has 126 valence electrons. The number of carbonyl (C=O) groups excluding carboxylic acids is 1. The van der Waals surface area contributed by atoms with E-state index in [9.17, 15) is 9.18 Å². The smallest absolute Gasteiger partial charge is 0.227 e. The van der Waals surface area contributed by atoms with Gasteiger partial charge in [0.15, 0.2) is 0 Å². The molecule has 0 radical (unpaired) electrons. The predicted octanol–water partition coefficient (Wildman–Crippen LogP) is 3.76. The lowest BCUT2D eigenvalue weighted by Gasteiger charge is -2.39. The number of carbonyl (C=O) groups is 1. The summed E-state index contributed by atoms with van der Waals surface area (Å²) in [5.41, 5.74) is 2.94. The highest BCUT2D eigenvalue weighted by molar-refractivity contribution is 6.31. The Bertz CT molecular complexity index is 744. The monoisotopic (exact) mass is 347 g/mol. The lowest BCUT2D eigenvalue weighted by Crippen LogP contribution is -2.55. The van der Waals surface area contributed by atoms with Crippen molar-refractivity contribution in [2.75, 3.05) is 13.1 Å². The van der Waals surface area contributed by atoms with Crippen molar-refractivity contribution in [3.8, 4) is 0 Å². The number of nitrogens with zero attached hydrogens (tertiary/aromatic N) is 1. The summed E-state index contributed by atoms with van der Waals surface area (Å²) in [6.07, 6.45) is 0.422. The van der Waals surface area contributed by atoms with E-state index in [4.69, 9.17) is 16.3 Å². The van der Waals surface area contributed by atoms with Crippen molar-refractivity contribution in [3.63, 3.8) is 0 Å². The van der Waals surface area contributed by atoms with Gasteiger partial charge in [0.05, 0.1) is 19.1 Å². The van der Waals surface area contributed by atoms with Crippen molar-refractivity contribution in [1.29, 1.82) is 0 Å². The third-order valence-corrected chi connectivity index (χ3v) is 4.48. The zero-order valence-electron chi connectivity index (χ0n) is 13.5. The molecule has 3 rings (SSSR count). The van der Waals surface area contributed by atoms with Gasteiger partial charge >= 0.3 is 0 Å². The molecule has 0 spiro atoms. The first-order valence-electron chi connectivity index (χ1n) is 7.90. The van der Waals surface area contributed by atoms with Crippen LogP contribution in [-0.2, 0) is 22.6 Å². The van der Waals surface area contributed by atoms with Crippen LogP contribution < -0.4 is 0 Å². The normalized spacial score (nSPS) is 14.5. The van der Waals surface area contributed by atoms with Crippen LogP contribution in [0, 0.1) is 12.7 Å². The van der Waals surface area contributed by atoms with Gasteiger partial charge < -0.3 is 9.64 Å². The second kappa shape index (κ2) is 7.32. The molecule has 0 atom stereocenters. The van der Waals surface area contributed by atoms with Gasteiger partial charge in [-0.1, -0.05) is 47.5 Å². The van der Waals surface area contributed by atoms with Crippen LogP contribution in [0.5, 0.6) is 0 Å². The summed E-state index contributed by atoms with van der Waals surface area (Å²) in [6, 6.07) is 12.2. The van der Waals surface area contributed by atoms with Gasteiger partial charge in [-0.2, -0.15) is 0 Å². The Morgan fingerprint density at radius 3 is 2.79 bits per heavy atom. The molecule has 1 fully saturated rings. The molecule has 2 aromatic rings. The van der Waals surface area contributed by atoms with Crippen LogP contribution >= 0.6 is 11.6 Å². The van der Waals surface area contributed by atoms with Crippen LogP contribution in [0.15, 0.2) is 42.5 Å². The van der Waals surface area contributed by atoms with E-state index in [2.05, 4.69) is 0 Å². The van der Waals surface area contributed by atoms with Crippen LogP contribution in [0.3, 0.4) is 0 Å². The highest BCUT2D eigenvalue weighted by atomic mass is 35.5. The molecule has 3 nitrogen and oxygen atoms in total. The van der Waals surface area contributed by atoms with E-state index in [-0.39, 0.29) is 17.8 Å². The first-order chi connectivity index (χ1) is 11.5. The molecule has 1 amide bonds. The molecule has 2 aromatic carbocycles. The second-order valence-electron chi connectivity index (χ2n) is 6.13. The van der Waals surface area contributed by atoms with Crippen molar-refractivity contribution >= 4 is 17.5 Å². The van der Waals surface area contributed by atoms with E-state index < -0.39 is 0 Å². The molecule has 1 aliphatic rings. The van der Waals surface area contributed by atoms with E-state index in [1.54, 1.807) is 11.0 Å². The number of ether oxygens (including phenoxy) is 1. The molecule has 0 aromatic heterocycles. The van der Waals surface area contributed by atoms with Gasteiger partial charge in [0.1, 0.15) is 5.82 Å². The molecule has 1 saturated heterocycles. The van der Waals surface area contributed by atoms with Crippen molar-refractivity contribution in [2.45, 2.75) is 26.1 Å². The molecule has 0 unspecified atom stereocenters. The van der Waals surface area contributed by atoms with E-state index >= 15 is 0 Å². The number of aryl methyl sites for hydroxylation is 1. The lowest BCUT2D eigenvalue weighted by atomic mass is 10.1. The number of halogens is 2. The number of hydrogen-bond donors (Lipinski definition) is 0. The van der Waals surface area contributed by atoms with Crippen molar-refractivity contribution in [1.82, 2.24) is 4.90 Å². The van der Waals surface area contributed by atoms with Crippen LogP contribution in [-0.4, -0.2) is 30.0 Å². The molecule has 0 N–H and O–H groups in total. The van der Waals surface area contributed by atoms with E-state index in [0.29, 0.717) is 31.1 Å². The summed E-state index contributed by atoms with van der Waals surface area (Å²) in [5.74, 6) is -0.249. The fourth-order valence-corrected chi connectivity index (χ4v) is 2.92. The van der Waals surface area contributed by atoms with Gasteiger partial charge in [-0.05, 0) is 30.2 Å². The predicted molar refractivity (Wildman–Crippen MR) is 91.5 cm³/mol. The van der Waals surface area contributed by atoms with Crippen molar-refractivity contribution in [3.05, 3.63) is 70.0 Å². The van der Waals surface area contributed by atoms with Crippen molar-refractivity contribution < 1.29 is 13.9 Å². The van der Waals surface area contributed by atoms with Gasteiger partial charge in [-0.15, -0.1) is 0 Å². The average Bonchev–Trinajstić information content (AvgIpc) is 2.47. The van der Waals surface area contributed by atoms with E-state index in [1.165, 1.54) is 12.1 Å². The fourth-order valence-electron chi connectivity index (χ4n) is 2.70. The minimum Gasteiger partial charge on any atom is -0.370 e. The maximum absolute atomic E-state index is 13.0. The third-order valence-electron chi connectivity index (χ3n) is 4.13. The summed E-state index contributed by atoms with van der Waals surface area (Å²) >= 11 is 5.97. The Labute approximate surface area is 146 Å². The fraction of sp³-hybridized carbons (Fsp3) is 0.316. The quantitative estimate of drug-likeness (QED) is 0.824. The minimum atomic E-state index is -0.361. The number of hydrogen-bond acceptors (Lipinski definition) is 2. The summed E-state index contributed by atoms with van der Waals surface area (Å²) in [7, 11) is 0. The van der Waals surface area contributed by atoms with Crippen LogP contribution in [0.4, 0.5) is 4.39 Å². The standard InChI is InChI=1S/C19H19ClFNO2/c1-13-3-2-4-14(7-13)8-19(23)22-10-17(11-22)24-12-15-5-6-16(21)9-18(15)20/h2-7,9,17H,8,10-12H2,1H3. The highest BCUT2D eigenvalue weighted by Crippen LogP contribution is 2.21. The molecular formula is C19H19ClFNO2. The zero-order valence-corrected chi connectivity index (χ0v) is 14.2. The average molecular weight is 348 g/mol. The first kappa shape index (κ1) is 16.9. The molecule has 5 heteroatoms. The molecule has 1 heterocycles. The molecule has 24 heavy (non-hydrogen) atoms. The number of amides is 1. The topological polar surface area (TPSA) is 29.5 Å². The van der Waals surface area contributed by atoms with Gasteiger partial charge in [-0.3, -0.25) is 4.79 Å². The minimum absolute atomic E-state index is 0.00702. The Kier molecular flexibility index (Phi) is 5.17. The second-order valence-corrected chi connectivity index (χ2v) is 6.54. The van der Waals surface area contributed by atoms with Gasteiger partial charge in [0, 0.05) is 18.1 Å². The molecular weight excluding hydrogens is 329 g/mol. The van der Waals surface area contributed by atoms with Crippen molar-refractivity contribution in [2.24, 2.45) is 0 Å². The van der Waals surface area contributed by atoms with Gasteiger partial charge in [0.25, 0.3) is 0 Å². The number of rotatable bonds is 5. The highest BCUT2D eigenvalue weighted by Gasteiger charge is 2.31. The molecule has 0 saturated carbocycles. The largest absolute Gasteiger partial charge is 0.370 e. The SMILES string of the molecule is Cc1cccc(CC(=O)N2CC(OCc3ccc(F)cc3Cl)C2)c1. The number of likely N-dealkylation sites (tertiary alicyclic amines) is 1. The molecule has 0 aliphatic carbocycles. The number of benzene rings is 2. The van der Waals surface area contributed by atoms with Crippen LogP contribution in [0.25, 0.3) is 0 Å². The molecule has 1 aliphatic heterocycles. The van der Waals surface area contributed by atoms with E-state index in [1.807, 2.05) is 31.2 Å². The zero-order chi connectivity index (χ0) is 17.1. The van der Waals surface area contributed by atoms with E-state index in [0.717, 1.165) is 16.7 Å². The first-order valence-corrected chi connectivity index (χ1v) is 8.28. The van der Waals surface area contributed by atoms with Gasteiger partial charge in [0.2, 0.25) is 5.91 Å². The summed E-state index contributed by atoms with van der Waals surface area (Å²) < 4.78 is 18.7. The Morgan fingerprint density at radius 1 is 1.29 bits per heavy atom. The summed E-state index contributed by atoms with van der Waals surface area (Å²) in [6.45, 7) is 3.51. The van der Waals surface area contributed by atoms with Crippen LogP contribution in [0.2, 0.25) is 5.02 Å². The molecule has 0 bridgehead atoms. The summed E-state index contributed by atoms with van der Waals surface area (Å²) in [4.78, 5) is 14.0. The Hall–Kier alpha value is -1.91. The van der Waals surface area contributed by atoms with Crippen LogP contribution in [0.1, 0.15) is 16.7 Å². The van der Waals surface area contributed by atoms with Gasteiger partial charge in [-0.25, -0.2) is 4.39 Å².